The highest BCUT2D eigenvalue weighted by Crippen LogP contribution is 2.25. The molecule has 3 unspecified atom stereocenters. The van der Waals surface area contributed by atoms with E-state index in [1.54, 1.807) is 0 Å². The molecule has 1 heterocycles. The average Bonchev–Trinajstić information content (AvgIpc) is 2.41. The molecule has 0 spiro atoms. The first-order valence-corrected chi connectivity index (χ1v) is 6.96. The Hall–Kier alpha value is -1.15. The first-order valence-electron chi connectivity index (χ1n) is 6.96. The van der Waals surface area contributed by atoms with Crippen molar-refractivity contribution in [2.75, 3.05) is 6.54 Å². The number of Topliss-reactive ketones (excluding diaryl/α,β-unsaturated/α-hetero) is 1. The molecule has 0 bridgehead atoms. The highest BCUT2D eigenvalue weighted by molar-refractivity contribution is 5.99. The van der Waals surface area contributed by atoms with E-state index in [4.69, 9.17) is 0 Å². The van der Waals surface area contributed by atoms with Crippen molar-refractivity contribution in [2.24, 2.45) is 5.92 Å². The van der Waals surface area contributed by atoms with Crippen molar-refractivity contribution in [1.29, 1.82) is 0 Å². The summed E-state index contributed by atoms with van der Waals surface area (Å²) in [7, 11) is 0. The number of piperidine rings is 1. The molecule has 0 aromatic heterocycles. The zero-order valence-electron chi connectivity index (χ0n) is 11.6. The van der Waals surface area contributed by atoms with Crippen molar-refractivity contribution >= 4 is 5.78 Å². The Bertz CT molecular complexity index is 401. The van der Waals surface area contributed by atoms with E-state index in [1.807, 2.05) is 37.3 Å². The fraction of sp³-hybridized carbons (Fsp3) is 0.562. The number of rotatable bonds is 3. The van der Waals surface area contributed by atoms with Crippen molar-refractivity contribution in [2.45, 2.75) is 45.7 Å². The molecule has 18 heavy (non-hydrogen) atoms. The van der Waals surface area contributed by atoms with E-state index in [0.717, 1.165) is 12.1 Å². The van der Waals surface area contributed by atoms with Crippen molar-refractivity contribution in [1.82, 2.24) is 4.90 Å². The van der Waals surface area contributed by atoms with Gasteiger partial charge in [-0.2, -0.15) is 0 Å². The van der Waals surface area contributed by atoms with Crippen LogP contribution in [0.1, 0.15) is 44.0 Å². The molecule has 3 atom stereocenters. The number of carbonyl (C=O) groups excluding carboxylic acids is 1. The Kier molecular flexibility index (Phi) is 4.18. The van der Waals surface area contributed by atoms with Gasteiger partial charge in [-0.25, -0.2) is 0 Å². The van der Waals surface area contributed by atoms with Gasteiger partial charge in [-0.15, -0.1) is 0 Å². The van der Waals surface area contributed by atoms with Gasteiger partial charge in [0.25, 0.3) is 0 Å². The van der Waals surface area contributed by atoms with Crippen LogP contribution in [0, 0.1) is 5.92 Å². The highest BCUT2D eigenvalue weighted by Gasteiger charge is 2.31. The van der Waals surface area contributed by atoms with Crippen LogP contribution in [0.5, 0.6) is 0 Å². The number of nitrogens with zero attached hydrogens (tertiary/aromatic N) is 1. The third kappa shape index (κ3) is 2.64. The van der Waals surface area contributed by atoms with Crippen LogP contribution in [0.15, 0.2) is 30.3 Å². The van der Waals surface area contributed by atoms with Crippen LogP contribution in [-0.2, 0) is 0 Å². The van der Waals surface area contributed by atoms with Crippen molar-refractivity contribution in [3.8, 4) is 0 Å². The maximum absolute atomic E-state index is 12.5. The number of benzene rings is 1. The molecule has 0 N–H and O–H groups in total. The lowest BCUT2D eigenvalue weighted by Gasteiger charge is -2.41. The van der Waals surface area contributed by atoms with E-state index >= 15 is 0 Å². The first-order chi connectivity index (χ1) is 8.61. The van der Waals surface area contributed by atoms with E-state index in [0.29, 0.717) is 12.0 Å². The quantitative estimate of drug-likeness (QED) is 0.761. The van der Waals surface area contributed by atoms with Gasteiger partial charge in [-0.05, 0) is 39.2 Å². The van der Waals surface area contributed by atoms with E-state index in [1.165, 1.54) is 12.8 Å². The summed E-state index contributed by atoms with van der Waals surface area (Å²) in [5, 5.41) is 0. The second-order valence-electron chi connectivity index (χ2n) is 5.50. The molecule has 0 radical (unpaired) electrons. The minimum atomic E-state index is -0.00912. The minimum Gasteiger partial charge on any atom is -0.292 e. The standard InChI is InChI=1S/C16H23NO/c1-12-8-7-11-17(13(12)2)14(3)16(18)15-9-5-4-6-10-15/h4-6,9-10,12-14H,7-8,11H2,1-3H3. The highest BCUT2D eigenvalue weighted by atomic mass is 16.1. The molecule has 1 aliphatic heterocycles. The third-order valence-electron chi connectivity index (χ3n) is 4.36. The minimum absolute atomic E-state index is 0.00912. The Morgan fingerprint density at radius 2 is 1.94 bits per heavy atom. The second kappa shape index (κ2) is 5.66. The fourth-order valence-electron chi connectivity index (χ4n) is 2.91. The molecule has 1 saturated heterocycles. The lowest BCUT2D eigenvalue weighted by Crippen LogP contribution is -2.50. The summed E-state index contributed by atoms with van der Waals surface area (Å²) < 4.78 is 0. The van der Waals surface area contributed by atoms with Crippen LogP contribution in [0.3, 0.4) is 0 Å². The largest absolute Gasteiger partial charge is 0.292 e. The molecule has 2 heteroatoms. The molecule has 1 aromatic carbocycles. The van der Waals surface area contributed by atoms with Gasteiger partial charge in [-0.3, -0.25) is 9.69 Å². The van der Waals surface area contributed by atoms with Gasteiger partial charge in [0.1, 0.15) is 0 Å². The zero-order chi connectivity index (χ0) is 13.1. The molecular formula is C16H23NO. The first kappa shape index (κ1) is 13.3. The van der Waals surface area contributed by atoms with Crippen LogP contribution in [0.4, 0.5) is 0 Å². The summed E-state index contributed by atoms with van der Waals surface area (Å²) in [5.41, 5.74) is 0.829. The second-order valence-corrected chi connectivity index (χ2v) is 5.50. The van der Waals surface area contributed by atoms with Gasteiger partial charge in [0.05, 0.1) is 6.04 Å². The van der Waals surface area contributed by atoms with Gasteiger partial charge in [0.2, 0.25) is 0 Å². The van der Waals surface area contributed by atoms with Gasteiger partial charge in [-0.1, -0.05) is 37.3 Å². The van der Waals surface area contributed by atoms with Gasteiger partial charge < -0.3 is 0 Å². The summed E-state index contributed by atoms with van der Waals surface area (Å²) in [5.74, 6) is 0.932. The number of likely N-dealkylation sites (tertiary alicyclic amines) is 1. The van der Waals surface area contributed by atoms with E-state index in [9.17, 15) is 4.79 Å². The van der Waals surface area contributed by atoms with E-state index in [2.05, 4.69) is 18.7 Å². The molecule has 2 rings (SSSR count). The van der Waals surface area contributed by atoms with Crippen LogP contribution in [0.2, 0.25) is 0 Å². The lowest BCUT2D eigenvalue weighted by atomic mass is 9.89. The van der Waals surface area contributed by atoms with Crippen LogP contribution in [-0.4, -0.2) is 29.3 Å². The van der Waals surface area contributed by atoms with Crippen molar-refractivity contribution in [3.63, 3.8) is 0 Å². The van der Waals surface area contributed by atoms with E-state index in [-0.39, 0.29) is 11.8 Å². The summed E-state index contributed by atoms with van der Waals surface area (Å²) in [4.78, 5) is 14.8. The molecular weight excluding hydrogens is 222 g/mol. The monoisotopic (exact) mass is 245 g/mol. The lowest BCUT2D eigenvalue weighted by molar-refractivity contribution is 0.0569. The van der Waals surface area contributed by atoms with Gasteiger partial charge in [0.15, 0.2) is 5.78 Å². The average molecular weight is 245 g/mol. The molecule has 1 aromatic rings. The Morgan fingerprint density at radius 3 is 2.61 bits per heavy atom. The topological polar surface area (TPSA) is 20.3 Å². The number of carbonyl (C=O) groups is 1. The van der Waals surface area contributed by atoms with Crippen molar-refractivity contribution in [3.05, 3.63) is 35.9 Å². The summed E-state index contributed by atoms with van der Waals surface area (Å²) in [6.07, 6.45) is 2.49. The fourth-order valence-corrected chi connectivity index (χ4v) is 2.91. The summed E-state index contributed by atoms with van der Waals surface area (Å²) >= 11 is 0. The molecule has 1 aliphatic rings. The molecule has 1 fully saturated rings. The Balaban J connectivity index is 2.11. The van der Waals surface area contributed by atoms with Gasteiger partial charge >= 0.3 is 0 Å². The zero-order valence-corrected chi connectivity index (χ0v) is 11.6. The smallest absolute Gasteiger partial charge is 0.179 e. The predicted octanol–water partition coefficient (Wildman–Crippen LogP) is 3.38. The van der Waals surface area contributed by atoms with Crippen molar-refractivity contribution < 1.29 is 4.79 Å². The molecule has 0 amide bonds. The van der Waals surface area contributed by atoms with Crippen LogP contribution >= 0.6 is 0 Å². The normalized spacial score (nSPS) is 26.8. The third-order valence-corrected chi connectivity index (χ3v) is 4.36. The number of ketones is 1. The number of hydrogen-bond acceptors (Lipinski definition) is 2. The molecule has 0 aliphatic carbocycles. The maximum Gasteiger partial charge on any atom is 0.179 e. The molecule has 98 valence electrons. The Labute approximate surface area is 110 Å². The SMILES string of the molecule is CC1CCCN(C(C)C(=O)c2ccccc2)C1C. The summed E-state index contributed by atoms with van der Waals surface area (Å²) in [6, 6.07) is 10.1. The Morgan fingerprint density at radius 1 is 1.28 bits per heavy atom. The van der Waals surface area contributed by atoms with Crippen LogP contribution in [0.25, 0.3) is 0 Å². The van der Waals surface area contributed by atoms with Crippen LogP contribution < -0.4 is 0 Å². The molecule has 0 saturated carbocycles. The number of hydrogen-bond donors (Lipinski definition) is 0. The molecule has 2 nitrogen and oxygen atoms in total. The van der Waals surface area contributed by atoms with E-state index < -0.39 is 0 Å². The van der Waals surface area contributed by atoms with Gasteiger partial charge in [0, 0.05) is 11.6 Å². The summed E-state index contributed by atoms with van der Waals surface area (Å²) in [6.45, 7) is 7.63. The maximum atomic E-state index is 12.5. The predicted molar refractivity (Wildman–Crippen MR) is 74.8 cm³/mol.